The highest BCUT2D eigenvalue weighted by Crippen LogP contribution is 2.38. The van der Waals surface area contributed by atoms with Gasteiger partial charge >= 0.3 is 0 Å². The molecule has 1 atom stereocenters. The lowest BCUT2D eigenvalue weighted by molar-refractivity contribution is 0.391. The topological polar surface area (TPSA) is 55.4 Å². The number of hydrogen-bond acceptors (Lipinski definition) is 4. The first-order chi connectivity index (χ1) is 8.45. The highest BCUT2D eigenvalue weighted by atomic mass is 32.2. The van der Waals surface area contributed by atoms with Crippen molar-refractivity contribution < 1.29 is 13.2 Å². The molecule has 0 aliphatic carbocycles. The Kier molecular flexibility index (Phi) is 3.64. The zero-order valence-electron chi connectivity index (χ0n) is 10.9. The van der Waals surface area contributed by atoms with Crippen molar-refractivity contribution in [3.8, 4) is 5.75 Å². The Bertz CT molecular complexity index is 537. The quantitative estimate of drug-likeness (QED) is 0.910. The van der Waals surface area contributed by atoms with E-state index in [1.807, 2.05) is 12.1 Å². The van der Waals surface area contributed by atoms with E-state index in [9.17, 15) is 8.42 Å². The number of rotatable bonds is 3. The minimum absolute atomic E-state index is 0.0821. The van der Waals surface area contributed by atoms with E-state index in [1.54, 1.807) is 6.07 Å². The monoisotopic (exact) mass is 269 g/mol. The Hall–Kier alpha value is -1.07. The van der Waals surface area contributed by atoms with Crippen LogP contribution in [-0.2, 0) is 9.84 Å². The number of benzene rings is 1. The molecule has 0 fully saturated rings. The number of sulfone groups is 1. The second-order valence-corrected chi connectivity index (χ2v) is 6.91. The van der Waals surface area contributed by atoms with Gasteiger partial charge in [-0.3, -0.25) is 0 Å². The molecule has 1 aliphatic heterocycles. The first-order valence-electron chi connectivity index (χ1n) is 6.11. The van der Waals surface area contributed by atoms with E-state index >= 15 is 0 Å². The maximum Gasteiger partial charge on any atom is 0.182 e. The fraction of sp³-hybridized carbons (Fsp3) is 0.538. The summed E-state index contributed by atoms with van der Waals surface area (Å²) >= 11 is 0. The summed E-state index contributed by atoms with van der Waals surface area (Å²) in [6.07, 6.45) is 0.612. The number of nitrogens with one attached hydrogen (secondary N) is 1. The molecule has 1 aromatic rings. The third-order valence-electron chi connectivity index (χ3n) is 3.13. The van der Waals surface area contributed by atoms with Crippen molar-refractivity contribution in [1.82, 2.24) is 5.32 Å². The SMILES string of the molecule is COc1cccc2c1S(=O)(=O)CCC2NC(C)C. The Morgan fingerprint density at radius 2 is 2.11 bits per heavy atom. The molecule has 0 spiro atoms. The van der Waals surface area contributed by atoms with E-state index in [0.717, 1.165) is 5.56 Å². The molecule has 0 saturated carbocycles. The van der Waals surface area contributed by atoms with E-state index in [2.05, 4.69) is 19.2 Å². The highest BCUT2D eigenvalue weighted by Gasteiger charge is 2.33. The highest BCUT2D eigenvalue weighted by molar-refractivity contribution is 7.91. The van der Waals surface area contributed by atoms with Crippen LogP contribution in [0.2, 0.25) is 0 Å². The van der Waals surface area contributed by atoms with Crippen molar-refractivity contribution in [2.75, 3.05) is 12.9 Å². The van der Waals surface area contributed by atoms with Gasteiger partial charge in [-0.15, -0.1) is 0 Å². The summed E-state index contributed by atoms with van der Waals surface area (Å²) < 4.78 is 29.5. The molecular formula is C13H19NO3S. The molecule has 1 aromatic carbocycles. The number of hydrogen-bond donors (Lipinski definition) is 1. The summed E-state index contributed by atoms with van der Waals surface area (Å²) in [5, 5.41) is 3.41. The van der Waals surface area contributed by atoms with Gasteiger partial charge in [0.05, 0.1) is 12.9 Å². The van der Waals surface area contributed by atoms with Crippen LogP contribution in [0, 0.1) is 0 Å². The number of fused-ring (bicyclic) bond motifs is 1. The van der Waals surface area contributed by atoms with Gasteiger partial charge in [-0.1, -0.05) is 26.0 Å². The van der Waals surface area contributed by atoms with Crippen LogP contribution in [0.1, 0.15) is 31.9 Å². The van der Waals surface area contributed by atoms with Gasteiger partial charge in [-0.05, 0) is 18.1 Å². The van der Waals surface area contributed by atoms with Crippen LogP contribution < -0.4 is 10.1 Å². The zero-order valence-corrected chi connectivity index (χ0v) is 11.8. The largest absolute Gasteiger partial charge is 0.495 e. The van der Waals surface area contributed by atoms with Gasteiger partial charge in [0.2, 0.25) is 0 Å². The van der Waals surface area contributed by atoms with Gasteiger partial charge in [0.15, 0.2) is 9.84 Å². The van der Waals surface area contributed by atoms with Crippen LogP contribution in [-0.4, -0.2) is 27.3 Å². The first-order valence-corrected chi connectivity index (χ1v) is 7.76. The number of ether oxygens (including phenoxy) is 1. The predicted octanol–water partition coefficient (Wildman–Crippen LogP) is 1.91. The van der Waals surface area contributed by atoms with E-state index in [0.29, 0.717) is 23.1 Å². The second kappa shape index (κ2) is 4.90. The van der Waals surface area contributed by atoms with Crippen molar-refractivity contribution in [3.05, 3.63) is 23.8 Å². The fourth-order valence-corrected chi connectivity index (χ4v) is 4.18. The minimum atomic E-state index is -3.22. The van der Waals surface area contributed by atoms with E-state index < -0.39 is 9.84 Å². The van der Waals surface area contributed by atoms with Gasteiger partial charge in [0, 0.05) is 12.1 Å². The molecule has 1 heterocycles. The number of methoxy groups -OCH3 is 1. The normalized spacial score (nSPS) is 21.7. The maximum atomic E-state index is 12.2. The Labute approximate surface area is 108 Å². The summed E-state index contributed by atoms with van der Waals surface area (Å²) in [4.78, 5) is 0.358. The fourth-order valence-electron chi connectivity index (χ4n) is 2.41. The zero-order chi connectivity index (χ0) is 13.3. The average molecular weight is 269 g/mol. The van der Waals surface area contributed by atoms with Crippen LogP contribution in [0.3, 0.4) is 0 Å². The van der Waals surface area contributed by atoms with E-state index in [-0.39, 0.29) is 11.8 Å². The first kappa shape index (κ1) is 13.4. The van der Waals surface area contributed by atoms with Gasteiger partial charge in [-0.2, -0.15) is 0 Å². The lowest BCUT2D eigenvalue weighted by Gasteiger charge is -2.29. The van der Waals surface area contributed by atoms with Gasteiger partial charge < -0.3 is 10.1 Å². The lowest BCUT2D eigenvalue weighted by atomic mass is 10.0. The summed E-state index contributed by atoms with van der Waals surface area (Å²) in [5.74, 6) is 0.618. The van der Waals surface area contributed by atoms with Crippen LogP contribution in [0.15, 0.2) is 23.1 Å². The molecule has 0 radical (unpaired) electrons. The average Bonchev–Trinajstić information content (AvgIpc) is 2.32. The summed E-state index contributed by atoms with van der Waals surface area (Å²) in [6, 6.07) is 5.81. The molecule has 0 saturated heterocycles. The molecule has 18 heavy (non-hydrogen) atoms. The van der Waals surface area contributed by atoms with Crippen molar-refractivity contribution in [2.45, 2.75) is 37.2 Å². The molecule has 1 N–H and O–H groups in total. The molecule has 0 amide bonds. The summed E-state index contributed by atoms with van der Waals surface area (Å²) in [5.41, 5.74) is 0.828. The Balaban J connectivity index is 2.54. The van der Waals surface area contributed by atoms with Crippen molar-refractivity contribution >= 4 is 9.84 Å². The minimum Gasteiger partial charge on any atom is -0.495 e. The third kappa shape index (κ3) is 2.37. The Morgan fingerprint density at radius 3 is 2.72 bits per heavy atom. The van der Waals surface area contributed by atoms with Crippen LogP contribution >= 0.6 is 0 Å². The molecule has 1 aliphatic rings. The second-order valence-electron chi connectivity index (χ2n) is 4.86. The third-order valence-corrected chi connectivity index (χ3v) is 4.96. The molecule has 4 nitrogen and oxygen atoms in total. The summed E-state index contributed by atoms with van der Waals surface area (Å²) in [6.45, 7) is 4.12. The molecule has 2 rings (SSSR count). The van der Waals surface area contributed by atoms with Gasteiger partial charge in [-0.25, -0.2) is 8.42 Å². The lowest BCUT2D eigenvalue weighted by Crippen LogP contribution is -2.34. The molecule has 100 valence electrons. The predicted molar refractivity (Wildman–Crippen MR) is 70.7 cm³/mol. The van der Waals surface area contributed by atoms with E-state index in [4.69, 9.17) is 4.74 Å². The van der Waals surface area contributed by atoms with E-state index in [1.165, 1.54) is 7.11 Å². The Morgan fingerprint density at radius 1 is 1.39 bits per heavy atom. The molecule has 5 heteroatoms. The van der Waals surface area contributed by atoms with Gasteiger partial charge in [0.1, 0.15) is 10.6 Å². The van der Waals surface area contributed by atoms with Crippen molar-refractivity contribution in [2.24, 2.45) is 0 Å². The van der Waals surface area contributed by atoms with Crippen molar-refractivity contribution in [3.63, 3.8) is 0 Å². The molecule has 1 unspecified atom stereocenters. The maximum absolute atomic E-state index is 12.2. The molecular weight excluding hydrogens is 250 g/mol. The van der Waals surface area contributed by atoms with Crippen LogP contribution in [0.5, 0.6) is 5.75 Å². The van der Waals surface area contributed by atoms with Crippen LogP contribution in [0.4, 0.5) is 0 Å². The van der Waals surface area contributed by atoms with Crippen molar-refractivity contribution in [1.29, 1.82) is 0 Å². The molecule has 0 bridgehead atoms. The molecule has 0 aromatic heterocycles. The smallest absolute Gasteiger partial charge is 0.182 e. The standard InChI is InChI=1S/C13H19NO3S/c1-9(2)14-11-7-8-18(15,16)13-10(11)5-4-6-12(13)17-3/h4-6,9,11,14H,7-8H2,1-3H3. The summed E-state index contributed by atoms with van der Waals surface area (Å²) in [7, 11) is -1.71. The van der Waals surface area contributed by atoms with Crippen LogP contribution in [0.25, 0.3) is 0 Å². The van der Waals surface area contributed by atoms with Gasteiger partial charge in [0.25, 0.3) is 0 Å².